The molecular weight excluding hydrogens is 184 g/mol. The van der Waals surface area contributed by atoms with Gasteiger partial charge in [-0.25, -0.2) is 0 Å². The molecule has 0 spiro atoms. The van der Waals surface area contributed by atoms with Crippen molar-refractivity contribution < 1.29 is 4.74 Å². The maximum absolute atomic E-state index is 5.52. The van der Waals surface area contributed by atoms with Crippen molar-refractivity contribution in [3.63, 3.8) is 0 Å². The Kier molecular flexibility index (Phi) is 6.85. The van der Waals surface area contributed by atoms with Crippen molar-refractivity contribution in [3.8, 4) is 5.75 Å². The highest BCUT2D eigenvalue weighted by molar-refractivity contribution is 5.41. The first kappa shape index (κ1) is 14.0. The van der Waals surface area contributed by atoms with E-state index in [1.54, 1.807) is 0 Å². The van der Waals surface area contributed by atoms with Gasteiger partial charge in [-0.05, 0) is 49.9 Å². The molecule has 0 saturated carbocycles. The second-order valence-corrected chi connectivity index (χ2v) is 3.33. The molecule has 15 heavy (non-hydrogen) atoms. The van der Waals surface area contributed by atoms with Crippen LogP contribution in [0, 0.1) is 13.8 Å². The van der Waals surface area contributed by atoms with E-state index in [4.69, 9.17) is 4.74 Å². The number of rotatable bonds is 3. The summed E-state index contributed by atoms with van der Waals surface area (Å²) < 4.78 is 5.52. The van der Waals surface area contributed by atoms with Crippen LogP contribution in [0.4, 0.5) is 0 Å². The smallest absolute Gasteiger partial charge is 0.122 e. The lowest BCUT2D eigenvalue weighted by Gasteiger charge is -2.11. The monoisotopic (exact) mass is 208 g/mol. The summed E-state index contributed by atoms with van der Waals surface area (Å²) in [5.74, 6) is 1.03. The molecule has 0 aromatic heterocycles. The maximum atomic E-state index is 5.52. The van der Waals surface area contributed by atoms with E-state index in [0.717, 1.165) is 18.8 Å². The number of hydrogen-bond acceptors (Lipinski definition) is 1. The molecular formula is C14H24O. The number of hydrogen-bond donors (Lipinski definition) is 0. The third-order valence-electron chi connectivity index (χ3n) is 2.31. The quantitative estimate of drug-likeness (QED) is 0.720. The standard InChI is InChI=1S/C12H18O.C2H6/c1-5-11-7-10(4)12(13-6-2)8-9(11)3;1-2/h7-8H,5-6H2,1-4H3;1-2H3. The molecule has 0 aliphatic rings. The molecule has 0 fully saturated rings. The van der Waals surface area contributed by atoms with Gasteiger partial charge < -0.3 is 4.74 Å². The second-order valence-electron chi connectivity index (χ2n) is 3.33. The summed E-state index contributed by atoms with van der Waals surface area (Å²) >= 11 is 0. The van der Waals surface area contributed by atoms with E-state index in [0.29, 0.717) is 0 Å². The van der Waals surface area contributed by atoms with Crippen LogP contribution in [0.3, 0.4) is 0 Å². The molecule has 0 aliphatic carbocycles. The summed E-state index contributed by atoms with van der Waals surface area (Å²) in [7, 11) is 0. The van der Waals surface area contributed by atoms with Gasteiger partial charge in [0.1, 0.15) is 5.75 Å². The third kappa shape index (κ3) is 3.94. The Morgan fingerprint density at radius 2 is 1.60 bits per heavy atom. The lowest BCUT2D eigenvalue weighted by atomic mass is 10.0. The molecule has 1 aromatic rings. The highest BCUT2D eigenvalue weighted by atomic mass is 16.5. The molecule has 0 atom stereocenters. The van der Waals surface area contributed by atoms with Crippen molar-refractivity contribution >= 4 is 0 Å². The van der Waals surface area contributed by atoms with Gasteiger partial charge in [-0.15, -0.1) is 0 Å². The van der Waals surface area contributed by atoms with E-state index in [1.165, 1.54) is 16.7 Å². The molecule has 0 N–H and O–H groups in total. The van der Waals surface area contributed by atoms with Crippen LogP contribution in [0.5, 0.6) is 5.75 Å². The Labute approximate surface area is 94.5 Å². The molecule has 1 heteroatoms. The third-order valence-corrected chi connectivity index (χ3v) is 2.31. The Morgan fingerprint density at radius 1 is 1.00 bits per heavy atom. The zero-order valence-electron chi connectivity index (χ0n) is 11.0. The summed E-state index contributed by atoms with van der Waals surface area (Å²) in [6.07, 6.45) is 1.10. The van der Waals surface area contributed by atoms with Gasteiger partial charge in [0.05, 0.1) is 6.61 Å². The van der Waals surface area contributed by atoms with Gasteiger partial charge in [0.25, 0.3) is 0 Å². The predicted molar refractivity (Wildman–Crippen MR) is 67.8 cm³/mol. The normalized spacial score (nSPS) is 9.20. The van der Waals surface area contributed by atoms with Crippen molar-refractivity contribution in [1.82, 2.24) is 0 Å². The molecule has 0 amide bonds. The highest BCUT2D eigenvalue weighted by Gasteiger charge is 2.03. The summed E-state index contributed by atoms with van der Waals surface area (Å²) in [5, 5.41) is 0. The first-order valence-corrected chi connectivity index (χ1v) is 5.92. The Bertz CT molecular complexity index is 290. The molecule has 0 bridgehead atoms. The van der Waals surface area contributed by atoms with Crippen LogP contribution in [-0.4, -0.2) is 6.61 Å². The Morgan fingerprint density at radius 3 is 2.07 bits per heavy atom. The number of ether oxygens (including phenoxy) is 1. The molecule has 0 radical (unpaired) electrons. The minimum atomic E-state index is 0.742. The van der Waals surface area contributed by atoms with Crippen LogP contribution in [0.25, 0.3) is 0 Å². The minimum absolute atomic E-state index is 0.742. The van der Waals surface area contributed by atoms with E-state index in [-0.39, 0.29) is 0 Å². The first-order chi connectivity index (χ1) is 7.19. The number of benzene rings is 1. The summed E-state index contributed by atoms with van der Waals surface area (Å²) in [6, 6.07) is 4.36. The van der Waals surface area contributed by atoms with E-state index < -0.39 is 0 Å². The van der Waals surface area contributed by atoms with Gasteiger partial charge >= 0.3 is 0 Å². The average Bonchev–Trinajstić information content (AvgIpc) is 2.26. The van der Waals surface area contributed by atoms with Gasteiger partial charge in [-0.1, -0.05) is 26.8 Å². The van der Waals surface area contributed by atoms with Crippen LogP contribution in [0.1, 0.15) is 44.4 Å². The fraction of sp³-hybridized carbons (Fsp3) is 0.571. The first-order valence-electron chi connectivity index (χ1n) is 5.92. The molecule has 86 valence electrons. The summed E-state index contributed by atoms with van der Waals surface area (Å²) in [6.45, 7) is 13.2. The zero-order chi connectivity index (χ0) is 11.8. The predicted octanol–water partition coefficient (Wildman–Crippen LogP) is 4.29. The second kappa shape index (κ2) is 7.33. The van der Waals surface area contributed by atoms with E-state index >= 15 is 0 Å². The fourth-order valence-electron chi connectivity index (χ4n) is 1.54. The molecule has 0 unspecified atom stereocenters. The number of aryl methyl sites for hydroxylation is 3. The van der Waals surface area contributed by atoms with Crippen molar-refractivity contribution in [2.45, 2.75) is 48.0 Å². The molecule has 0 heterocycles. The van der Waals surface area contributed by atoms with Gasteiger partial charge in [0, 0.05) is 0 Å². The molecule has 1 aromatic carbocycles. The molecule has 1 rings (SSSR count). The summed E-state index contributed by atoms with van der Waals surface area (Å²) in [4.78, 5) is 0. The van der Waals surface area contributed by atoms with Crippen LogP contribution >= 0.6 is 0 Å². The van der Waals surface area contributed by atoms with Crippen LogP contribution in [0.2, 0.25) is 0 Å². The van der Waals surface area contributed by atoms with Gasteiger partial charge in [-0.3, -0.25) is 0 Å². The topological polar surface area (TPSA) is 9.23 Å². The largest absolute Gasteiger partial charge is 0.494 e. The SMILES string of the molecule is CC.CCOc1cc(C)c(CC)cc1C. The minimum Gasteiger partial charge on any atom is -0.494 e. The summed E-state index contributed by atoms with van der Waals surface area (Å²) in [5.41, 5.74) is 3.99. The van der Waals surface area contributed by atoms with Crippen molar-refractivity contribution in [2.24, 2.45) is 0 Å². The van der Waals surface area contributed by atoms with Crippen LogP contribution in [0.15, 0.2) is 12.1 Å². The van der Waals surface area contributed by atoms with E-state index in [1.807, 2.05) is 20.8 Å². The highest BCUT2D eigenvalue weighted by Crippen LogP contribution is 2.22. The van der Waals surface area contributed by atoms with Crippen LogP contribution in [-0.2, 0) is 6.42 Å². The fourth-order valence-corrected chi connectivity index (χ4v) is 1.54. The van der Waals surface area contributed by atoms with Crippen molar-refractivity contribution in [1.29, 1.82) is 0 Å². The van der Waals surface area contributed by atoms with Gasteiger partial charge in [0.15, 0.2) is 0 Å². The zero-order valence-corrected chi connectivity index (χ0v) is 11.0. The molecule has 0 saturated heterocycles. The van der Waals surface area contributed by atoms with Crippen LogP contribution < -0.4 is 4.74 Å². The van der Waals surface area contributed by atoms with Gasteiger partial charge in [0.2, 0.25) is 0 Å². The van der Waals surface area contributed by atoms with Gasteiger partial charge in [-0.2, -0.15) is 0 Å². The molecule has 1 nitrogen and oxygen atoms in total. The lowest BCUT2D eigenvalue weighted by molar-refractivity contribution is 0.337. The Hall–Kier alpha value is -0.980. The van der Waals surface area contributed by atoms with E-state index in [2.05, 4.69) is 32.9 Å². The van der Waals surface area contributed by atoms with Crippen molar-refractivity contribution in [2.75, 3.05) is 6.61 Å². The lowest BCUT2D eigenvalue weighted by Crippen LogP contribution is -1.96. The molecule has 0 aliphatic heterocycles. The average molecular weight is 208 g/mol. The van der Waals surface area contributed by atoms with Crippen molar-refractivity contribution in [3.05, 3.63) is 28.8 Å². The van der Waals surface area contributed by atoms with E-state index in [9.17, 15) is 0 Å². The maximum Gasteiger partial charge on any atom is 0.122 e. The Balaban J connectivity index is 0.000000921.